The number of nitrogens with two attached hydrogens (primary N) is 2. The number of halogens is 3. The van der Waals surface area contributed by atoms with Crippen molar-refractivity contribution >= 4 is 32.9 Å². The molecular weight excluding hydrogens is 587 g/mol. The van der Waals surface area contributed by atoms with Gasteiger partial charge in [0.2, 0.25) is 5.91 Å². The van der Waals surface area contributed by atoms with Crippen LogP contribution in [-0.4, -0.2) is 66.6 Å². The maximum atomic E-state index is 14.4. The molecule has 43 heavy (non-hydrogen) atoms. The van der Waals surface area contributed by atoms with E-state index in [0.717, 1.165) is 18.6 Å². The fraction of sp³-hybridized carbons (Fsp3) is 0.414. The van der Waals surface area contributed by atoms with Crippen LogP contribution in [0.15, 0.2) is 47.4 Å². The zero-order valence-corrected chi connectivity index (χ0v) is 24.7. The Morgan fingerprint density at radius 2 is 1.72 bits per heavy atom. The van der Waals surface area contributed by atoms with Crippen molar-refractivity contribution in [2.75, 3.05) is 37.8 Å². The van der Waals surface area contributed by atoms with Crippen LogP contribution in [0.25, 0.3) is 0 Å². The van der Waals surface area contributed by atoms with Gasteiger partial charge in [-0.1, -0.05) is 31.5 Å². The SMILES string of the molecule is CCCCc1nn(C)c(CC(=O)N2CCOCC2)c1C(C(=O)c1cccc(S(=O)(=O)C(F)(F)F)c1N)c1ccc(N)cc1. The fourth-order valence-corrected chi connectivity index (χ4v) is 6.09. The normalized spacial score (nSPS) is 15.0. The molecule has 1 aliphatic rings. The minimum Gasteiger partial charge on any atom is -0.399 e. The van der Waals surface area contributed by atoms with Gasteiger partial charge in [-0.2, -0.15) is 18.3 Å². The largest absolute Gasteiger partial charge is 0.501 e. The second-order valence-corrected chi connectivity index (χ2v) is 12.2. The quantitative estimate of drug-likeness (QED) is 0.257. The van der Waals surface area contributed by atoms with Gasteiger partial charge in [0.15, 0.2) is 5.78 Å². The number of nitrogen functional groups attached to an aromatic ring is 2. The van der Waals surface area contributed by atoms with Crippen molar-refractivity contribution in [1.82, 2.24) is 14.7 Å². The first-order valence-electron chi connectivity index (χ1n) is 13.8. The van der Waals surface area contributed by atoms with E-state index in [-0.39, 0.29) is 12.3 Å². The summed E-state index contributed by atoms with van der Waals surface area (Å²) in [5, 5.41) is 4.67. The number of carbonyl (C=O) groups is 2. The molecule has 232 valence electrons. The molecule has 14 heteroatoms. The number of para-hydroxylation sites is 1. The van der Waals surface area contributed by atoms with Gasteiger partial charge in [-0.25, -0.2) is 8.42 Å². The molecule has 4 N–H and O–H groups in total. The van der Waals surface area contributed by atoms with Crippen LogP contribution < -0.4 is 11.5 Å². The maximum Gasteiger partial charge on any atom is 0.501 e. The van der Waals surface area contributed by atoms with Gasteiger partial charge in [-0.05, 0) is 42.7 Å². The number of nitrogens with zero attached hydrogens (tertiary/aromatic N) is 3. The van der Waals surface area contributed by atoms with Crippen LogP contribution in [0.3, 0.4) is 0 Å². The zero-order valence-electron chi connectivity index (χ0n) is 23.9. The van der Waals surface area contributed by atoms with E-state index in [9.17, 15) is 31.2 Å². The number of rotatable bonds is 10. The summed E-state index contributed by atoms with van der Waals surface area (Å²) in [4.78, 5) is 28.3. The van der Waals surface area contributed by atoms with Crippen LogP contribution in [0.1, 0.15) is 58.6 Å². The molecule has 2 aromatic carbocycles. The molecule has 0 spiro atoms. The Kier molecular flexibility index (Phi) is 9.50. The molecule has 0 aliphatic carbocycles. The standard InChI is InChI=1S/C29H34F3N5O5S/c1-3-4-7-21-26(22(36(2)35-21)17-24(38)37-13-15-42-16-14-37)25(18-9-11-19(33)12-10-18)28(39)20-6-5-8-23(27(20)34)43(40,41)29(30,31)32/h5-6,8-12,25H,3-4,7,13-17,33-34H2,1-2H3. The number of ether oxygens (including phenoxy) is 1. The van der Waals surface area contributed by atoms with Gasteiger partial charge in [-0.3, -0.25) is 14.3 Å². The number of morpholine rings is 1. The van der Waals surface area contributed by atoms with Gasteiger partial charge in [0, 0.05) is 37.0 Å². The average Bonchev–Trinajstić information content (AvgIpc) is 3.26. The first-order chi connectivity index (χ1) is 20.3. The third kappa shape index (κ3) is 6.54. The summed E-state index contributed by atoms with van der Waals surface area (Å²) in [5.74, 6) is -2.12. The second-order valence-electron chi connectivity index (χ2n) is 10.3. The number of benzene rings is 2. The van der Waals surface area contributed by atoms with Gasteiger partial charge in [0.25, 0.3) is 9.84 Å². The zero-order chi connectivity index (χ0) is 31.5. The van der Waals surface area contributed by atoms with Crippen molar-refractivity contribution in [2.45, 2.75) is 48.9 Å². The van der Waals surface area contributed by atoms with Crippen LogP contribution in [0.2, 0.25) is 0 Å². The number of amides is 1. The number of hydrogen-bond donors (Lipinski definition) is 2. The Hall–Kier alpha value is -3.91. The summed E-state index contributed by atoms with van der Waals surface area (Å²) in [6, 6.07) is 9.32. The van der Waals surface area contributed by atoms with Crippen LogP contribution in [0.5, 0.6) is 0 Å². The first-order valence-corrected chi connectivity index (χ1v) is 15.3. The number of hydrogen-bond acceptors (Lipinski definition) is 8. The average molecular weight is 622 g/mol. The number of carbonyl (C=O) groups excluding carboxylic acids is 2. The van der Waals surface area contributed by atoms with E-state index in [0.29, 0.717) is 67.3 Å². The van der Waals surface area contributed by atoms with Crippen molar-refractivity contribution in [2.24, 2.45) is 7.05 Å². The Balaban J connectivity index is 1.92. The Morgan fingerprint density at radius 1 is 1.07 bits per heavy atom. The van der Waals surface area contributed by atoms with E-state index in [1.54, 1.807) is 40.9 Å². The third-order valence-electron chi connectivity index (χ3n) is 7.48. The lowest BCUT2D eigenvalue weighted by Crippen LogP contribution is -2.41. The Bertz CT molecular complexity index is 1600. The van der Waals surface area contributed by atoms with Gasteiger partial charge < -0.3 is 21.1 Å². The van der Waals surface area contributed by atoms with E-state index in [2.05, 4.69) is 5.10 Å². The lowest BCUT2D eigenvalue weighted by Gasteiger charge is -2.27. The molecule has 1 aromatic heterocycles. The smallest absolute Gasteiger partial charge is 0.399 e. The number of unbranched alkanes of at least 4 members (excludes halogenated alkanes) is 1. The number of Topliss-reactive ketones (excluding diaryl/α,β-unsaturated/α-hetero) is 1. The van der Waals surface area contributed by atoms with Gasteiger partial charge >= 0.3 is 5.51 Å². The molecule has 1 atom stereocenters. The molecule has 1 fully saturated rings. The van der Waals surface area contributed by atoms with Crippen LogP contribution in [-0.2, 0) is 39.3 Å². The van der Waals surface area contributed by atoms with E-state index >= 15 is 0 Å². The van der Waals surface area contributed by atoms with E-state index in [1.807, 2.05) is 6.92 Å². The molecule has 0 bridgehead atoms. The summed E-state index contributed by atoms with van der Waals surface area (Å²) < 4.78 is 71.9. The molecule has 4 rings (SSSR count). The molecule has 0 saturated carbocycles. The van der Waals surface area contributed by atoms with E-state index in [1.165, 1.54) is 6.07 Å². The molecule has 1 saturated heterocycles. The summed E-state index contributed by atoms with van der Waals surface area (Å²) >= 11 is 0. The minimum atomic E-state index is -5.85. The molecule has 10 nitrogen and oxygen atoms in total. The number of anilines is 2. The second kappa shape index (κ2) is 12.8. The van der Waals surface area contributed by atoms with Crippen LogP contribution in [0.4, 0.5) is 24.5 Å². The molecule has 1 amide bonds. The summed E-state index contributed by atoms with van der Waals surface area (Å²) in [6.45, 7) is 3.60. The third-order valence-corrected chi connectivity index (χ3v) is 9.02. The number of ketones is 1. The lowest BCUT2D eigenvalue weighted by atomic mass is 9.81. The molecule has 2 heterocycles. The Morgan fingerprint density at radius 3 is 2.33 bits per heavy atom. The predicted octanol–water partition coefficient (Wildman–Crippen LogP) is 3.64. The highest BCUT2D eigenvalue weighted by atomic mass is 32.2. The van der Waals surface area contributed by atoms with Crippen molar-refractivity contribution in [1.29, 1.82) is 0 Å². The highest BCUT2D eigenvalue weighted by Crippen LogP contribution is 2.39. The lowest BCUT2D eigenvalue weighted by molar-refractivity contribution is -0.134. The molecule has 1 aliphatic heterocycles. The number of alkyl halides is 3. The minimum absolute atomic E-state index is 0.0956. The summed E-state index contributed by atoms with van der Waals surface area (Å²) in [5.41, 5.74) is 7.35. The molecule has 0 radical (unpaired) electrons. The van der Waals surface area contributed by atoms with Crippen LogP contribution >= 0.6 is 0 Å². The van der Waals surface area contributed by atoms with Gasteiger partial charge in [0.05, 0.1) is 47.5 Å². The molecular formula is C29H34F3N5O5S. The monoisotopic (exact) mass is 621 g/mol. The van der Waals surface area contributed by atoms with E-state index < -0.39 is 43.2 Å². The maximum absolute atomic E-state index is 14.4. The van der Waals surface area contributed by atoms with Crippen molar-refractivity contribution < 1.29 is 35.9 Å². The molecule has 1 unspecified atom stereocenters. The number of aromatic nitrogens is 2. The van der Waals surface area contributed by atoms with Crippen molar-refractivity contribution in [3.8, 4) is 0 Å². The van der Waals surface area contributed by atoms with E-state index in [4.69, 9.17) is 16.2 Å². The van der Waals surface area contributed by atoms with Crippen molar-refractivity contribution in [3.05, 3.63) is 70.5 Å². The number of sulfone groups is 1. The first kappa shape index (κ1) is 32.0. The highest BCUT2D eigenvalue weighted by Gasteiger charge is 2.48. The molecule has 3 aromatic rings. The fourth-order valence-electron chi connectivity index (χ4n) is 5.19. The van der Waals surface area contributed by atoms with Gasteiger partial charge in [0.1, 0.15) is 0 Å². The van der Waals surface area contributed by atoms with Crippen LogP contribution in [0, 0.1) is 0 Å². The number of aryl methyl sites for hydroxylation is 2. The highest BCUT2D eigenvalue weighted by molar-refractivity contribution is 7.92. The van der Waals surface area contributed by atoms with Crippen molar-refractivity contribution in [3.63, 3.8) is 0 Å². The summed E-state index contributed by atoms with van der Waals surface area (Å²) in [7, 11) is -4.18. The van der Waals surface area contributed by atoms with Gasteiger partial charge in [-0.15, -0.1) is 0 Å². The topological polar surface area (TPSA) is 151 Å². The predicted molar refractivity (Wildman–Crippen MR) is 154 cm³/mol. The Labute approximate surface area is 247 Å². The summed E-state index contributed by atoms with van der Waals surface area (Å²) in [6.07, 6.45) is 1.89.